The first-order chi connectivity index (χ1) is 9.58. The van der Waals surface area contributed by atoms with Crippen LogP contribution >= 0.6 is 0 Å². The molecule has 106 valence electrons. The lowest BCUT2D eigenvalue weighted by Gasteiger charge is -2.10. The number of rotatable bonds is 5. The van der Waals surface area contributed by atoms with E-state index < -0.39 is 0 Å². The zero-order valence-electron chi connectivity index (χ0n) is 12.3. The van der Waals surface area contributed by atoms with Gasteiger partial charge < -0.3 is 14.8 Å². The van der Waals surface area contributed by atoms with Gasteiger partial charge in [-0.05, 0) is 19.7 Å². The second-order valence-corrected chi connectivity index (χ2v) is 5.18. The molecule has 20 heavy (non-hydrogen) atoms. The van der Waals surface area contributed by atoms with Crippen molar-refractivity contribution in [3.63, 3.8) is 0 Å². The molecule has 0 bridgehead atoms. The Bertz CT molecular complexity index is 573. The van der Waals surface area contributed by atoms with Gasteiger partial charge in [0, 0.05) is 38.1 Å². The normalized spacial score (nSPS) is 10.8. The summed E-state index contributed by atoms with van der Waals surface area (Å²) in [5.74, 6) is -0.0219. The Morgan fingerprint density at radius 3 is 2.55 bits per heavy atom. The third-order valence-corrected chi connectivity index (χ3v) is 3.13. The topological polar surface area (TPSA) is 37.3 Å². The van der Waals surface area contributed by atoms with Crippen molar-refractivity contribution in [3.8, 4) is 11.1 Å². The summed E-state index contributed by atoms with van der Waals surface area (Å²) >= 11 is 0. The van der Waals surface area contributed by atoms with E-state index in [1.807, 2.05) is 73.3 Å². The number of amides is 1. The molecule has 2 rings (SSSR count). The summed E-state index contributed by atoms with van der Waals surface area (Å²) in [6.45, 7) is 1.48. The molecule has 1 N–H and O–H groups in total. The first-order valence-corrected chi connectivity index (χ1v) is 6.72. The molecule has 0 unspecified atom stereocenters. The van der Waals surface area contributed by atoms with E-state index in [9.17, 15) is 4.79 Å². The van der Waals surface area contributed by atoms with E-state index in [4.69, 9.17) is 0 Å². The standard InChI is InChI=1S/C16H21N3O/c1-18(2)10-9-17-16(20)15-12-19(3)11-14(15)13-7-5-4-6-8-13/h4-8,11-12H,9-10H2,1-3H3,(H,17,20). The number of hydrogen-bond donors (Lipinski definition) is 1. The molecule has 0 saturated carbocycles. The van der Waals surface area contributed by atoms with Crippen LogP contribution in [0.15, 0.2) is 42.7 Å². The van der Waals surface area contributed by atoms with Gasteiger partial charge >= 0.3 is 0 Å². The Morgan fingerprint density at radius 2 is 1.90 bits per heavy atom. The number of benzene rings is 1. The molecule has 1 amide bonds. The minimum absolute atomic E-state index is 0.0219. The third-order valence-electron chi connectivity index (χ3n) is 3.13. The zero-order valence-corrected chi connectivity index (χ0v) is 12.3. The Morgan fingerprint density at radius 1 is 1.20 bits per heavy atom. The summed E-state index contributed by atoms with van der Waals surface area (Å²) in [6, 6.07) is 9.98. The predicted molar refractivity (Wildman–Crippen MR) is 81.7 cm³/mol. The molecule has 1 aromatic carbocycles. The van der Waals surface area contributed by atoms with Crippen molar-refractivity contribution in [1.29, 1.82) is 0 Å². The average molecular weight is 271 g/mol. The van der Waals surface area contributed by atoms with Crippen LogP contribution in [0.2, 0.25) is 0 Å². The van der Waals surface area contributed by atoms with E-state index in [2.05, 4.69) is 5.32 Å². The van der Waals surface area contributed by atoms with Crippen LogP contribution in [-0.2, 0) is 7.05 Å². The number of hydrogen-bond acceptors (Lipinski definition) is 2. The summed E-state index contributed by atoms with van der Waals surface area (Å²) < 4.78 is 1.92. The molecule has 1 heterocycles. The highest BCUT2D eigenvalue weighted by Gasteiger charge is 2.14. The van der Waals surface area contributed by atoms with Crippen molar-refractivity contribution < 1.29 is 4.79 Å². The van der Waals surface area contributed by atoms with Gasteiger partial charge in [0.2, 0.25) is 0 Å². The maximum absolute atomic E-state index is 12.3. The van der Waals surface area contributed by atoms with Crippen LogP contribution in [-0.4, -0.2) is 42.6 Å². The molecule has 2 aromatic rings. The fraction of sp³-hybridized carbons (Fsp3) is 0.312. The fourth-order valence-electron chi connectivity index (χ4n) is 2.10. The van der Waals surface area contributed by atoms with E-state index >= 15 is 0 Å². The summed E-state index contributed by atoms with van der Waals surface area (Å²) in [5.41, 5.74) is 2.75. The van der Waals surface area contributed by atoms with Gasteiger partial charge in [-0.3, -0.25) is 4.79 Å². The smallest absolute Gasteiger partial charge is 0.253 e. The lowest BCUT2D eigenvalue weighted by Crippen LogP contribution is -2.31. The molecule has 1 aromatic heterocycles. The van der Waals surface area contributed by atoms with Crippen LogP contribution in [0, 0.1) is 0 Å². The van der Waals surface area contributed by atoms with Crippen molar-refractivity contribution in [2.45, 2.75) is 0 Å². The molecule has 0 radical (unpaired) electrons. The molecular weight excluding hydrogens is 250 g/mol. The van der Waals surface area contributed by atoms with Crippen molar-refractivity contribution in [2.75, 3.05) is 27.2 Å². The molecule has 4 heteroatoms. The van der Waals surface area contributed by atoms with Gasteiger partial charge in [0.05, 0.1) is 5.56 Å². The maximum atomic E-state index is 12.3. The first-order valence-electron chi connectivity index (χ1n) is 6.72. The van der Waals surface area contributed by atoms with Gasteiger partial charge in [-0.15, -0.1) is 0 Å². The van der Waals surface area contributed by atoms with Gasteiger partial charge in [0.15, 0.2) is 0 Å². The molecule has 0 aliphatic heterocycles. The van der Waals surface area contributed by atoms with Gasteiger partial charge in [0.1, 0.15) is 0 Å². The lowest BCUT2D eigenvalue weighted by molar-refractivity contribution is 0.0951. The van der Waals surface area contributed by atoms with Crippen molar-refractivity contribution in [3.05, 3.63) is 48.3 Å². The van der Waals surface area contributed by atoms with Crippen LogP contribution in [0.5, 0.6) is 0 Å². The highest BCUT2D eigenvalue weighted by Crippen LogP contribution is 2.24. The van der Waals surface area contributed by atoms with E-state index in [-0.39, 0.29) is 5.91 Å². The molecule has 0 aliphatic rings. The van der Waals surface area contributed by atoms with Crippen molar-refractivity contribution in [2.24, 2.45) is 7.05 Å². The molecular formula is C16H21N3O. The van der Waals surface area contributed by atoms with E-state index in [1.54, 1.807) is 0 Å². The summed E-state index contributed by atoms with van der Waals surface area (Å²) in [4.78, 5) is 14.3. The largest absolute Gasteiger partial charge is 0.356 e. The monoisotopic (exact) mass is 271 g/mol. The Labute approximate surface area is 120 Å². The molecule has 0 saturated heterocycles. The van der Waals surface area contributed by atoms with Crippen LogP contribution in [0.1, 0.15) is 10.4 Å². The number of aromatic nitrogens is 1. The second kappa shape index (κ2) is 6.39. The second-order valence-electron chi connectivity index (χ2n) is 5.18. The van der Waals surface area contributed by atoms with Crippen LogP contribution in [0.25, 0.3) is 11.1 Å². The van der Waals surface area contributed by atoms with Crippen LogP contribution in [0.4, 0.5) is 0 Å². The predicted octanol–water partition coefficient (Wildman–Crippen LogP) is 1.98. The average Bonchev–Trinajstić information content (AvgIpc) is 2.81. The number of nitrogens with one attached hydrogen (secondary N) is 1. The molecule has 0 fully saturated rings. The highest BCUT2D eigenvalue weighted by atomic mass is 16.1. The maximum Gasteiger partial charge on any atom is 0.253 e. The summed E-state index contributed by atoms with van der Waals surface area (Å²) in [5, 5.41) is 2.96. The van der Waals surface area contributed by atoms with Gasteiger partial charge in [-0.25, -0.2) is 0 Å². The van der Waals surface area contributed by atoms with E-state index in [0.29, 0.717) is 6.54 Å². The Balaban J connectivity index is 2.18. The number of carbonyl (C=O) groups is 1. The van der Waals surface area contributed by atoms with Crippen LogP contribution in [0.3, 0.4) is 0 Å². The summed E-state index contributed by atoms with van der Waals surface area (Å²) in [7, 11) is 5.91. The number of carbonyl (C=O) groups excluding carboxylic acids is 1. The molecule has 4 nitrogen and oxygen atoms in total. The Kier molecular flexibility index (Phi) is 4.58. The van der Waals surface area contributed by atoms with Crippen LogP contribution < -0.4 is 5.32 Å². The zero-order chi connectivity index (χ0) is 14.5. The minimum atomic E-state index is -0.0219. The first kappa shape index (κ1) is 14.3. The summed E-state index contributed by atoms with van der Waals surface area (Å²) in [6.07, 6.45) is 3.85. The highest BCUT2D eigenvalue weighted by molar-refractivity contribution is 6.00. The van der Waals surface area contributed by atoms with Gasteiger partial charge in [-0.1, -0.05) is 30.3 Å². The van der Waals surface area contributed by atoms with E-state index in [1.165, 1.54) is 0 Å². The fourth-order valence-corrected chi connectivity index (χ4v) is 2.10. The number of nitrogens with zero attached hydrogens (tertiary/aromatic N) is 2. The van der Waals surface area contributed by atoms with Gasteiger partial charge in [0.25, 0.3) is 5.91 Å². The SMILES string of the molecule is CN(C)CCNC(=O)c1cn(C)cc1-c1ccccc1. The quantitative estimate of drug-likeness (QED) is 0.903. The molecule has 0 aliphatic carbocycles. The third kappa shape index (κ3) is 3.48. The molecule has 0 atom stereocenters. The number of aryl methyl sites for hydroxylation is 1. The Hall–Kier alpha value is -2.07. The number of likely N-dealkylation sites (N-methyl/N-ethyl adjacent to an activating group) is 1. The lowest BCUT2D eigenvalue weighted by atomic mass is 10.0. The molecule has 0 spiro atoms. The van der Waals surface area contributed by atoms with Crippen molar-refractivity contribution in [1.82, 2.24) is 14.8 Å². The minimum Gasteiger partial charge on any atom is -0.356 e. The van der Waals surface area contributed by atoms with Gasteiger partial charge in [-0.2, -0.15) is 0 Å². The van der Waals surface area contributed by atoms with E-state index in [0.717, 1.165) is 23.2 Å². The van der Waals surface area contributed by atoms with Crippen molar-refractivity contribution >= 4 is 5.91 Å².